The van der Waals surface area contributed by atoms with E-state index in [0.29, 0.717) is 11.6 Å². The number of rotatable bonds is 8. The summed E-state index contributed by atoms with van der Waals surface area (Å²) in [5, 5.41) is 3.76. The Balaban J connectivity index is 1.72. The molecule has 0 aliphatic rings. The lowest BCUT2D eigenvalue weighted by Gasteiger charge is -2.10. The Bertz CT molecular complexity index is 848. The van der Waals surface area contributed by atoms with Gasteiger partial charge in [-0.1, -0.05) is 24.3 Å². The molecule has 2 heterocycles. The molecule has 0 aliphatic heterocycles. The summed E-state index contributed by atoms with van der Waals surface area (Å²) in [6, 6.07) is 8.37. The van der Waals surface area contributed by atoms with E-state index < -0.39 is 6.61 Å². The van der Waals surface area contributed by atoms with Crippen LogP contribution in [0.25, 0.3) is 22.2 Å². The number of alkyl halides is 2. The number of aromatic nitrogens is 3. The largest absolute Gasteiger partial charge is 0.352 e. The van der Waals surface area contributed by atoms with Gasteiger partial charge in [0.15, 0.2) is 0 Å². The third kappa shape index (κ3) is 4.53. The number of ether oxygens (including phenoxy) is 1. The molecule has 0 atom stereocenters. The Kier molecular flexibility index (Phi) is 5.75. The summed E-state index contributed by atoms with van der Waals surface area (Å²) >= 11 is 0. The molecule has 0 spiro atoms. The monoisotopic (exact) mass is 361 g/mol. The van der Waals surface area contributed by atoms with Crippen LogP contribution in [0.15, 0.2) is 36.7 Å². The quantitative estimate of drug-likeness (QED) is 0.603. The van der Waals surface area contributed by atoms with Crippen molar-refractivity contribution in [1.82, 2.24) is 19.9 Å². The molecule has 6 nitrogen and oxygen atoms in total. The Morgan fingerprint density at radius 3 is 2.69 bits per heavy atom. The zero-order valence-corrected chi connectivity index (χ0v) is 14.7. The molecule has 8 heteroatoms. The maximum absolute atomic E-state index is 11.9. The van der Waals surface area contributed by atoms with E-state index in [2.05, 4.69) is 54.2 Å². The summed E-state index contributed by atoms with van der Waals surface area (Å²) < 4.78 is 28.0. The molecule has 2 aromatic heterocycles. The van der Waals surface area contributed by atoms with Crippen molar-refractivity contribution < 1.29 is 13.5 Å². The molecule has 26 heavy (non-hydrogen) atoms. The van der Waals surface area contributed by atoms with Gasteiger partial charge in [-0.3, -0.25) is 0 Å². The minimum Gasteiger partial charge on any atom is -0.352 e. The van der Waals surface area contributed by atoms with Crippen molar-refractivity contribution in [3.05, 3.63) is 42.2 Å². The van der Waals surface area contributed by atoms with Crippen molar-refractivity contribution in [2.24, 2.45) is 0 Å². The Morgan fingerprint density at radius 1 is 1.23 bits per heavy atom. The summed E-state index contributed by atoms with van der Waals surface area (Å²) in [5.74, 6) is 0.366. The topological polar surface area (TPSA) is 66.1 Å². The smallest absolute Gasteiger partial charge is 0.345 e. The van der Waals surface area contributed by atoms with Gasteiger partial charge in [0.25, 0.3) is 0 Å². The second kappa shape index (κ2) is 8.20. The highest BCUT2D eigenvalue weighted by Crippen LogP contribution is 2.28. The fourth-order valence-electron chi connectivity index (χ4n) is 2.70. The molecular weight excluding hydrogens is 340 g/mol. The van der Waals surface area contributed by atoms with E-state index in [1.165, 1.54) is 5.56 Å². The molecule has 0 amide bonds. The van der Waals surface area contributed by atoms with Gasteiger partial charge in [0.1, 0.15) is 5.65 Å². The molecule has 0 fully saturated rings. The molecule has 3 aromatic rings. The summed E-state index contributed by atoms with van der Waals surface area (Å²) in [7, 11) is 4.08. The van der Waals surface area contributed by atoms with Gasteiger partial charge in [0.2, 0.25) is 5.95 Å². The second-order valence-corrected chi connectivity index (χ2v) is 6.15. The number of hydrogen-bond donors (Lipinski definition) is 2. The molecule has 2 N–H and O–H groups in total. The average molecular weight is 361 g/mol. The summed E-state index contributed by atoms with van der Waals surface area (Å²) in [5.41, 5.74) is 4.02. The second-order valence-electron chi connectivity index (χ2n) is 6.15. The normalized spacial score (nSPS) is 11.6. The molecule has 0 aliphatic carbocycles. The average Bonchev–Trinajstić information content (AvgIpc) is 3.02. The molecule has 0 bridgehead atoms. The van der Waals surface area contributed by atoms with Crippen molar-refractivity contribution in [2.45, 2.75) is 13.2 Å². The Hall–Kier alpha value is -2.58. The molecule has 0 radical (unpaired) electrons. The third-order valence-electron chi connectivity index (χ3n) is 3.82. The van der Waals surface area contributed by atoms with E-state index in [9.17, 15) is 8.78 Å². The highest BCUT2D eigenvalue weighted by atomic mass is 19.3. The molecule has 1 aromatic carbocycles. The van der Waals surface area contributed by atoms with Crippen LogP contribution >= 0.6 is 0 Å². The number of nitrogens with one attached hydrogen (secondary N) is 2. The lowest BCUT2D eigenvalue weighted by molar-refractivity contribution is -0.125. The number of halogens is 2. The molecule has 0 unspecified atom stereocenters. The maximum atomic E-state index is 11.9. The van der Waals surface area contributed by atoms with E-state index >= 15 is 0 Å². The number of H-pyrrole nitrogens is 1. The first-order valence-corrected chi connectivity index (χ1v) is 8.24. The van der Waals surface area contributed by atoms with Gasteiger partial charge >= 0.3 is 6.61 Å². The maximum Gasteiger partial charge on any atom is 0.345 e. The summed E-state index contributed by atoms with van der Waals surface area (Å²) in [6.07, 6.45) is 3.61. The van der Waals surface area contributed by atoms with Gasteiger partial charge in [-0.25, -0.2) is 4.98 Å². The van der Waals surface area contributed by atoms with Crippen molar-refractivity contribution in [2.75, 3.05) is 32.6 Å². The van der Waals surface area contributed by atoms with Crippen LogP contribution in [0.2, 0.25) is 0 Å². The van der Waals surface area contributed by atoms with Gasteiger partial charge in [0, 0.05) is 36.4 Å². The van der Waals surface area contributed by atoms with Crippen LogP contribution in [0.3, 0.4) is 0 Å². The van der Waals surface area contributed by atoms with Crippen molar-refractivity contribution >= 4 is 17.0 Å². The van der Waals surface area contributed by atoms with Crippen LogP contribution in [0, 0.1) is 0 Å². The number of nitrogens with zero attached hydrogens (tertiary/aromatic N) is 3. The van der Waals surface area contributed by atoms with E-state index in [1.54, 1.807) is 6.20 Å². The molecule has 0 saturated heterocycles. The number of hydrogen-bond acceptors (Lipinski definition) is 5. The predicted molar refractivity (Wildman–Crippen MR) is 97.2 cm³/mol. The van der Waals surface area contributed by atoms with Crippen LogP contribution in [0.1, 0.15) is 5.56 Å². The van der Waals surface area contributed by atoms with Crippen molar-refractivity contribution in [3.63, 3.8) is 0 Å². The molecular formula is C18H21F2N5O. The van der Waals surface area contributed by atoms with Crippen molar-refractivity contribution in [3.8, 4) is 11.1 Å². The number of aromatic amines is 1. The van der Waals surface area contributed by atoms with E-state index in [0.717, 1.165) is 23.1 Å². The van der Waals surface area contributed by atoms with Gasteiger partial charge in [-0.2, -0.15) is 13.8 Å². The first-order valence-electron chi connectivity index (χ1n) is 8.24. The van der Waals surface area contributed by atoms with Crippen LogP contribution in [-0.2, 0) is 11.3 Å². The molecule has 3 rings (SSSR count). The van der Waals surface area contributed by atoms with Gasteiger partial charge in [0.05, 0.1) is 6.61 Å². The summed E-state index contributed by atoms with van der Waals surface area (Å²) in [4.78, 5) is 13.9. The zero-order valence-electron chi connectivity index (χ0n) is 14.7. The Labute approximate surface area is 150 Å². The van der Waals surface area contributed by atoms with E-state index in [-0.39, 0.29) is 13.2 Å². The first-order chi connectivity index (χ1) is 12.5. The van der Waals surface area contributed by atoms with Crippen LogP contribution in [0.5, 0.6) is 0 Å². The van der Waals surface area contributed by atoms with E-state index in [1.807, 2.05) is 20.3 Å². The van der Waals surface area contributed by atoms with Crippen molar-refractivity contribution in [1.29, 1.82) is 0 Å². The van der Waals surface area contributed by atoms with Crippen LogP contribution in [0.4, 0.5) is 14.7 Å². The van der Waals surface area contributed by atoms with Gasteiger partial charge in [-0.15, -0.1) is 0 Å². The van der Waals surface area contributed by atoms with Gasteiger partial charge < -0.3 is 19.9 Å². The molecule has 138 valence electrons. The van der Waals surface area contributed by atoms with E-state index in [4.69, 9.17) is 0 Å². The van der Waals surface area contributed by atoms with Crippen LogP contribution < -0.4 is 5.32 Å². The standard InChI is InChI=1S/C18H21F2N5O/c1-25(2)11-12-3-5-13(6-4-12)14-9-22-16-15(14)10-23-18(24-16)21-7-8-26-17(19)20/h3-6,9-10,17H,7-8,11H2,1-2H3,(H2,21,22,23,24). The first kappa shape index (κ1) is 18.2. The summed E-state index contributed by atoms with van der Waals surface area (Å²) in [6.45, 7) is -1.79. The minimum atomic E-state index is -2.77. The van der Waals surface area contributed by atoms with Crippen LogP contribution in [-0.4, -0.2) is 53.7 Å². The minimum absolute atomic E-state index is 0.117. The SMILES string of the molecule is CN(C)Cc1ccc(-c2c[nH]c3nc(NCCOC(F)F)ncc23)cc1. The van der Waals surface area contributed by atoms with Gasteiger partial charge in [-0.05, 0) is 25.2 Å². The lowest BCUT2D eigenvalue weighted by Crippen LogP contribution is -2.13. The zero-order chi connectivity index (χ0) is 18.5. The molecule has 0 saturated carbocycles. The number of anilines is 1. The third-order valence-corrected chi connectivity index (χ3v) is 3.82. The highest BCUT2D eigenvalue weighted by molar-refractivity contribution is 5.93. The number of benzene rings is 1. The number of fused-ring (bicyclic) bond motifs is 1. The predicted octanol–water partition coefficient (Wildman–Crippen LogP) is 3.34. The fraction of sp³-hybridized carbons (Fsp3) is 0.333. The highest BCUT2D eigenvalue weighted by Gasteiger charge is 2.09. The fourth-order valence-corrected chi connectivity index (χ4v) is 2.70. The lowest BCUT2D eigenvalue weighted by atomic mass is 10.0. The Morgan fingerprint density at radius 2 is 2.00 bits per heavy atom.